The summed E-state index contributed by atoms with van der Waals surface area (Å²) in [4.78, 5) is 13.9. The van der Waals surface area contributed by atoms with Gasteiger partial charge in [0.05, 0.1) is 39.5 Å². The van der Waals surface area contributed by atoms with Gasteiger partial charge in [0.25, 0.3) is 0 Å². The fourth-order valence-electron chi connectivity index (χ4n) is 3.24. The summed E-state index contributed by atoms with van der Waals surface area (Å²) >= 11 is 0. The molecular formula is C20H34N8O3. The quantitative estimate of drug-likeness (QED) is 0.253. The number of aliphatic hydroxyl groups is 1. The maximum absolute atomic E-state index is 8.77. The van der Waals surface area contributed by atoms with E-state index in [1.54, 1.807) is 0 Å². The zero-order valence-corrected chi connectivity index (χ0v) is 18.1. The Bertz CT molecular complexity index is 669. The number of rotatable bonds is 12. The molecule has 0 amide bonds. The largest absolute Gasteiger partial charge is 0.396 e. The predicted octanol–water partition coefficient (Wildman–Crippen LogP) is 1.19. The number of unbranched alkanes of at least 4 members (excludes halogenated alkanes) is 2. The van der Waals surface area contributed by atoms with Crippen molar-refractivity contribution in [2.45, 2.75) is 19.3 Å². The molecule has 0 bridgehead atoms. The van der Waals surface area contributed by atoms with Crippen LogP contribution < -0.4 is 20.5 Å². The van der Waals surface area contributed by atoms with Crippen molar-refractivity contribution < 1.29 is 14.6 Å². The van der Waals surface area contributed by atoms with Crippen LogP contribution in [0.2, 0.25) is 0 Å². The van der Waals surface area contributed by atoms with Crippen molar-refractivity contribution in [2.75, 3.05) is 87.4 Å². The molecule has 2 saturated heterocycles. The van der Waals surface area contributed by atoms with Crippen LogP contribution in [0, 0.1) is 0 Å². The van der Waals surface area contributed by atoms with Crippen LogP contribution in [0.15, 0.2) is 28.7 Å². The average molecular weight is 435 g/mol. The average Bonchev–Trinajstić information content (AvgIpc) is 2.83. The van der Waals surface area contributed by atoms with E-state index in [9.17, 15) is 0 Å². The van der Waals surface area contributed by atoms with Crippen LogP contribution in [0.3, 0.4) is 0 Å². The fraction of sp³-hybridized carbons (Fsp3) is 0.700. The molecule has 2 aliphatic heterocycles. The van der Waals surface area contributed by atoms with E-state index < -0.39 is 0 Å². The van der Waals surface area contributed by atoms with Crippen LogP contribution in [0.5, 0.6) is 0 Å². The van der Waals surface area contributed by atoms with E-state index in [0.717, 1.165) is 57.1 Å². The normalized spacial score (nSPS) is 17.2. The zero-order chi connectivity index (χ0) is 21.7. The van der Waals surface area contributed by atoms with Crippen LogP contribution in [0.25, 0.3) is 0 Å². The van der Waals surface area contributed by atoms with Crippen molar-refractivity contribution in [1.82, 2.24) is 15.4 Å². The van der Waals surface area contributed by atoms with Gasteiger partial charge in [0.2, 0.25) is 5.95 Å². The van der Waals surface area contributed by atoms with Gasteiger partial charge in [-0.3, -0.25) is 5.43 Å². The minimum absolute atomic E-state index is 0.224. The predicted molar refractivity (Wildman–Crippen MR) is 120 cm³/mol. The summed E-state index contributed by atoms with van der Waals surface area (Å²) in [5.41, 5.74) is 3.55. The van der Waals surface area contributed by atoms with Crippen molar-refractivity contribution in [3.63, 3.8) is 0 Å². The molecule has 3 rings (SSSR count). The second kappa shape index (κ2) is 13.0. The lowest BCUT2D eigenvalue weighted by atomic mass is 10.2. The molecule has 31 heavy (non-hydrogen) atoms. The van der Waals surface area contributed by atoms with Crippen LogP contribution in [-0.4, -0.2) is 87.4 Å². The third kappa shape index (κ3) is 7.93. The Kier molecular flexibility index (Phi) is 9.74. The van der Waals surface area contributed by atoms with Crippen LogP contribution in [0.1, 0.15) is 19.3 Å². The van der Waals surface area contributed by atoms with Gasteiger partial charge in [-0.25, -0.2) is 0 Å². The highest BCUT2D eigenvalue weighted by atomic mass is 16.5. The van der Waals surface area contributed by atoms with E-state index in [4.69, 9.17) is 24.5 Å². The van der Waals surface area contributed by atoms with E-state index in [0.29, 0.717) is 51.2 Å². The molecule has 0 saturated carbocycles. The van der Waals surface area contributed by atoms with Gasteiger partial charge in [-0.05, 0) is 19.3 Å². The maximum Gasteiger partial charge on any atom is 0.229 e. The van der Waals surface area contributed by atoms with Gasteiger partial charge in [0.1, 0.15) is 11.6 Å². The molecule has 172 valence electrons. The van der Waals surface area contributed by atoms with Crippen molar-refractivity contribution in [1.29, 1.82) is 0 Å². The third-order valence-electron chi connectivity index (χ3n) is 5.01. The van der Waals surface area contributed by atoms with Gasteiger partial charge in [0.15, 0.2) is 0 Å². The molecule has 2 fully saturated rings. The van der Waals surface area contributed by atoms with E-state index in [1.165, 1.54) is 0 Å². The molecule has 11 heteroatoms. The molecule has 1 aromatic rings. The molecule has 3 heterocycles. The minimum atomic E-state index is 0.224. The second-order valence-electron chi connectivity index (χ2n) is 7.43. The van der Waals surface area contributed by atoms with Crippen LogP contribution in [-0.2, 0) is 9.47 Å². The highest BCUT2D eigenvalue weighted by Gasteiger charge is 2.19. The first-order chi connectivity index (χ1) is 15.3. The molecule has 2 aliphatic rings. The number of aromatic nitrogens is 2. The molecule has 11 nitrogen and oxygen atoms in total. The number of nitrogens with one attached hydrogen (secondary N) is 2. The number of hydrogen-bond donors (Lipinski definition) is 3. The molecule has 0 spiro atoms. The number of hydrogen-bond acceptors (Lipinski definition) is 10. The van der Waals surface area contributed by atoms with E-state index in [1.807, 2.05) is 6.07 Å². The second-order valence-corrected chi connectivity index (χ2v) is 7.43. The highest BCUT2D eigenvalue weighted by Crippen LogP contribution is 2.22. The SMILES string of the molecule is C=C(CNc1cc(N2CCOCC2)nc(N2CCOCC2)n1)NN=NCCCCCO. The lowest BCUT2D eigenvalue weighted by Gasteiger charge is -2.31. The summed E-state index contributed by atoms with van der Waals surface area (Å²) in [7, 11) is 0. The van der Waals surface area contributed by atoms with Gasteiger partial charge in [0, 0.05) is 44.5 Å². The molecular weight excluding hydrogens is 400 g/mol. The Morgan fingerprint density at radius 2 is 1.74 bits per heavy atom. The van der Waals surface area contributed by atoms with E-state index in [2.05, 4.69) is 37.5 Å². The Morgan fingerprint density at radius 3 is 2.45 bits per heavy atom. The Balaban J connectivity index is 1.56. The number of nitrogens with zero attached hydrogens (tertiary/aromatic N) is 6. The Morgan fingerprint density at radius 1 is 1.03 bits per heavy atom. The first-order valence-electron chi connectivity index (χ1n) is 11.0. The highest BCUT2D eigenvalue weighted by molar-refractivity contribution is 5.55. The monoisotopic (exact) mass is 434 g/mol. The smallest absolute Gasteiger partial charge is 0.229 e. The summed E-state index contributed by atoms with van der Waals surface area (Å²) in [6.45, 7) is 11.2. The minimum Gasteiger partial charge on any atom is -0.396 e. The molecule has 3 N–H and O–H groups in total. The number of ether oxygens (including phenoxy) is 2. The van der Waals surface area contributed by atoms with Crippen LogP contribution >= 0.6 is 0 Å². The molecule has 0 aliphatic carbocycles. The van der Waals surface area contributed by atoms with Crippen molar-refractivity contribution in [2.24, 2.45) is 10.3 Å². The number of morpholine rings is 2. The fourth-order valence-corrected chi connectivity index (χ4v) is 3.24. The molecule has 0 aromatic carbocycles. The molecule has 1 aromatic heterocycles. The van der Waals surface area contributed by atoms with Gasteiger partial charge >= 0.3 is 0 Å². The Labute approximate surface area is 183 Å². The van der Waals surface area contributed by atoms with Crippen molar-refractivity contribution >= 4 is 17.6 Å². The zero-order valence-electron chi connectivity index (χ0n) is 18.1. The Hall–Kier alpha value is -2.50. The first-order valence-corrected chi connectivity index (χ1v) is 11.0. The van der Waals surface area contributed by atoms with Gasteiger partial charge < -0.3 is 29.7 Å². The third-order valence-corrected chi connectivity index (χ3v) is 5.01. The van der Waals surface area contributed by atoms with Gasteiger partial charge in [-0.2, -0.15) is 15.1 Å². The summed E-state index contributed by atoms with van der Waals surface area (Å²) in [5, 5.41) is 20.1. The lowest BCUT2D eigenvalue weighted by Crippen LogP contribution is -2.39. The topological polar surface area (TPSA) is 120 Å². The number of anilines is 3. The van der Waals surface area contributed by atoms with Crippen molar-refractivity contribution in [3.8, 4) is 0 Å². The van der Waals surface area contributed by atoms with E-state index in [-0.39, 0.29) is 6.61 Å². The standard InChI is InChI=1S/C20H34N8O3/c1-17(25-26-22-5-3-2-4-10-29)16-21-18-15-19(27-6-11-30-12-7-27)24-20(23-18)28-8-13-31-14-9-28/h15,29H,1-14,16H2,(H,22,25)(H,21,23,24). The summed E-state index contributed by atoms with van der Waals surface area (Å²) in [5.74, 6) is 2.33. The summed E-state index contributed by atoms with van der Waals surface area (Å²) in [6, 6.07) is 1.96. The maximum atomic E-state index is 8.77. The van der Waals surface area contributed by atoms with Crippen LogP contribution in [0.4, 0.5) is 17.6 Å². The summed E-state index contributed by atoms with van der Waals surface area (Å²) < 4.78 is 10.9. The molecule has 0 unspecified atom stereocenters. The molecule has 0 atom stereocenters. The first kappa shape index (κ1) is 23.2. The van der Waals surface area contributed by atoms with Gasteiger partial charge in [-0.15, -0.1) is 0 Å². The number of aliphatic hydroxyl groups excluding tert-OH is 1. The van der Waals surface area contributed by atoms with Crippen molar-refractivity contribution in [3.05, 3.63) is 18.3 Å². The van der Waals surface area contributed by atoms with Gasteiger partial charge in [-0.1, -0.05) is 11.8 Å². The lowest BCUT2D eigenvalue weighted by molar-refractivity contribution is 0.121. The van der Waals surface area contributed by atoms with E-state index >= 15 is 0 Å². The summed E-state index contributed by atoms with van der Waals surface area (Å²) in [6.07, 6.45) is 2.66. The molecule has 0 radical (unpaired) electrons.